The van der Waals surface area contributed by atoms with Gasteiger partial charge < -0.3 is 14.6 Å². The van der Waals surface area contributed by atoms with E-state index in [1.165, 1.54) is 12.1 Å². The maximum atomic E-state index is 12.3. The van der Waals surface area contributed by atoms with E-state index >= 15 is 0 Å². The summed E-state index contributed by atoms with van der Waals surface area (Å²) < 4.78 is 37.5. The lowest BCUT2D eigenvalue weighted by Crippen LogP contribution is -2.26. The summed E-state index contributed by atoms with van der Waals surface area (Å²) in [6.07, 6.45) is 0.981. The van der Waals surface area contributed by atoms with Crippen molar-refractivity contribution in [3.63, 3.8) is 0 Å². The van der Waals surface area contributed by atoms with Gasteiger partial charge in [-0.3, -0.25) is 0 Å². The van der Waals surface area contributed by atoms with Crippen LogP contribution in [0.2, 0.25) is 0 Å². The summed E-state index contributed by atoms with van der Waals surface area (Å²) in [5.74, 6) is 1.65. The lowest BCUT2D eigenvalue weighted by atomic mass is 10.2. The Bertz CT molecular complexity index is 765. The van der Waals surface area contributed by atoms with Crippen LogP contribution in [0.15, 0.2) is 33.7 Å². The lowest BCUT2D eigenvalue weighted by molar-refractivity contribution is 0.340. The molecule has 10 heteroatoms. The first-order valence-corrected chi connectivity index (χ1v) is 9.64. The van der Waals surface area contributed by atoms with Gasteiger partial charge in [-0.2, -0.15) is 4.98 Å². The Morgan fingerprint density at radius 1 is 1.27 bits per heavy atom. The van der Waals surface area contributed by atoms with Crippen LogP contribution in [0.1, 0.15) is 25.6 Å². The molecule has 2 N–H and O–H groups in total. The number of hydrogen-bond acceptors (Lipinski definition) is 7. The maximum Gasteiger partial charge on any atom is 0.240 e. The van der Waals surface area contributed by atoms with E-state index in [4.69, 9.17) is 9.26 Å². The van der Waals surface area contributed by atoms with E-state index < -0.39 is 10.0 Å². The third-order valence-electron chi connectivity index (χ3n) is 3.57. The minimum Gasteiger partial charge on any atom is -0.494 e. The zero-order chi connectivity index (χ0) is 18.3. The minimum absolute atomic E-state index is 0. The molecule has 146 valence electrons. The van der Waals surface area contributed by atoms with Crippen LogP contribution < -0.4 is 14.8 Å². The fourth-order valence-electron chi connectivity index (χ4n) is 2.11. The second kappa shape index (κ2) is 10.5. The highest BCUT2D eigenvalue weighted by Gasteiger charge is 2.15. The molecule has 1 unspecified atom stereocenters. The molecule has 0 aliphatic heterocycles. The van der Waals surface area contributed by atoms with Gasteiger partial charge in [0.25, 0.3) is 0 Å². The number of rotatable bonds is 10. The second-order valence-electron chi connectivity index (χ2n) is 5.55. The summed E-state index contributed by atoms with van der Waals surface area (Å²) in [7, 11) is -1.72. The molecule has 0 saturated heterocycles. The standard InChI is InChI=1S/C16H24N4O4S.ClH/c1-4-23-13-5-7-14(8-6-13)25(21,22)18-10-9-16-19-15(20-24-16)11-12(2)17-3;/h5-8,12,17-18H,4,9-11H2,1-3H3;1H. The van der Waals surface area contributed by atoms with Gasteiger partial charge in [0.1, 0.15) is 5.75 Å². The second-order valence-corrected chi connectivity index (χ2v) is 7.32. The quantitative estimate of drug-likeness (QED) is 0.618. The van der Waals surface area contributed by atoms with Crippen molar-refractivity contribution in [3.05, 3.63) is 36.0 Å². The van der Waals surface area contributed by atoms with Crippen LogP contribution in [0.3, 0.4) is 0 Å². The minimum atomic E-state index is -3.58. The number of sulfonamides is 1. The Morgan fingerprint density at radius 3 is 2.58 bits per heavy atom. The van der Waals surface area contributed by atoms with Crippen molar-refractivity contribution in [2.75, 3.05) is 20.2 Å². The van der Waals surface area contributed by atoms with Crippen molar-refractivity contribution in [2.45, 2.75) is 37.6 Å². The Hall–Kier alpha value is -1.68. The van der Waals surface area contributed by atoms with Crippen molar-refractivity contribution < 1.29 is 17.7 Å². The molecular weight excluding hydrogens is 380 g/mol. The Labute approximate surface area is 160 Å². The number of halogens is 1. The molecule has 1 atom stereocenters. The van der Waals surface area contributed by atoms with Crippen molar-refractivity contribution in [3.8, 4) is 5.75 Å². The first-order chi connectivity index (χ1) is 11.9. The summed E-state index contributed by atoms with van der Waals surface area (Å²) in [6.45, 7) is 4.60. The van der Waals surface area contributed by atoms with E-state index in [1.807, 2.05) is 20.9 Å². The molecule has 0 fully saturated rings. The molecule has 26 heavy (non-hydrogen) atoms. The monoisotopic (exact) mass is 404 g/mol. The van der Waals surface area contributed by atoms with Gasteiger partial charge in [-0.05, 0) is 45.2 Å². The summed E-state index contributed by atoms with van der Waals surface area (Å²) in [6, 6.07) is 6.52. The molecule has 1 aromatic heterocycles. The fraction of sp³-hybridized carbons (Fsp3) is 0.500. The SMILES string of the molecule is CCOc1ccc(S(=O)(=O)NCCc2nc(CC(C)NC)no2)cc1.Cl. The van der Waals surface area contributed by atoms with E-state index in [0.717, 1.165) is 0 Å². The van der Waals surface area contributed by atoms with Gasteiger partial charge in [-0.25, -0.2) is 13.1 Å². The molecule has 0 aliphatic rings. The maximum absolute atomic E-state index is 12.3. The number of nitrogens with one attached hydrogen (secondary N) is 2. The van der Waals surface area contributed by atoms with Gasteiger partial charge in [0, 0.05) is 25.4 Å². The van der Waals surface area contributed by atoms with Crippen molar-refractivity contribution in [1.82, 2.24) is 20.2 Å². The van der Waals surface area contributed by atoms with Crippen LogP contribution in [-0.4, -0.2) is 44.8 Å². The average molecular weight is 405 g/mol. The Morgan fingerprint density at radius 2 is 1.96 bits per heavy atom. The number of nitrogens with zero attached hydrogens (tertiary/aromatic N) is 2. The van der Waals surface area contributed by atoms with Crippen molar-refractivity contribution in [2.24, 2.45) is 0 Å². The van der Waals surface area contributed by atoms with E-state index in [-0.39, 0.29) is 29.9 Å². The van der Waals surface area contributed by atoms with Gasteiger partial charge >= 0.3 is 0 Å². The average Bonchev–Trinajstić information content (AvgIpc) is 3.02. The molecule has 8 nitrogen and oxygen atoms in total. The highest BCUT2D eigenvalue weighted by atomic mass is 35.5. The third-order valence-corrected chi connectivity index (χ3v) is 5.04. The predicted octanol–water partition coefficient (Wildman–Crippen LogP) is 1.56. The predicted molar refractivity (Wildman–Crippen MR) is 100 cm³/mol. The van der Waals surface area contributed by atoms with E-state index in [9.17, 15) is 8.42 Å². The van der Waals surface area contributed by atoms with Crippen LogP contribution in [-0.2, 0) is 22.9 Å². The number of hydrogen-bond donors (Lipinski definition) is 2. The molecule has 2 rings (SSSR count). The van der Waals surface area contributed by atoms with Gasteiger partial charge in [0.2, 0.25) is 15.9 Å². The molecule has 0 aliphatic carbocycles. The van der Waals surface area contributed by atoms with E-state index in [0.29, 0.717) is 36.9 Å². The topological polar surface area (TPSA) is 106 Å². The van der Waals surface area contributed by atoms with Crippen LogP contribution >= 0.6 is 12.4 Å². The molecule has 0 spiro atoms. The number of ether oxygens (including phenoxy) is 1. The molecule has 1 aromatic carbocycles. The number of likely N-dealkylation sites (N-methyl/N-ethyl adjacent to an activating group) is 1. The third kappa shape index (κ3) is 6.56. The van der Waals surface area contributed by atoms with E-state index in [1.54, 1.807) is 12.1 Å². The molecule has 0 amide bonds. The van der Waals surface area contributed by atoms with Crippen molar-refractivity contribution >= 4 is 22.4 Å². The fourth-order valence-corrected chi connectivity index (χ4v) is 3.14. The normalized spacial score (nSPS) is 12.4. The van der Waals surface area contributed by atoms with Crippen molar-refractivity contribution in [1.29, 1.82) is 0 Å². The lowest BCUT2D eigenvalue weighted by Gasteiger charge is -2.07. The number of benzene rings is 1. The van der Waals surface area contributed by atoms with Gasteiger partial charge in [0.05, 0.1) is 11.5 Å². The van der Waals surface area contributed by atoms with Gasteiger partial charge in [-0.15, -0.1) is 12.4 Å². The largest absolute Gasteiger partial charge is 0.494 e. The van der Waals surface area contributed by atoms with Gasteiger partial charge in [-0.1, -0.05) is 5.16 Å². The van der Waals surface area contributed by atoms with Crippen LogP contribution in [0, 0.1) is 0 Å². The molecule has 0 bridgehead atoms. The Kier molecular flexibility index (Phi) is 9.00. The first-order valence-electron chi connectivity index (χ1n) is 8.16. The first kappa shape index (κ1) is 22.4. The zero-order valence-electron chi connectivity index (χ0n) is 15.1. The molecule has 0 saturated carbocycles. The van der Waals surface area contributed by atoms with Crippen LogP contribution in [0.4, 0.5) is 0 Å². The van der Waals surface area contributed by atoms with Crippen LogP contribution in [0.5, 0.6) is 5.75 Å². The smallest absolute Gasteiger partial charge is 0.240 e. The molecule has 0 radical (unpaired) electrons. The summed E-state index contributed by atoms with van der Waals surface area (Å²) >= 11 is 0. The number of aromatic nitrogens is 2. The highest BCUT2D eigenvalue weighted by molar-refractivity contribution is 7.89. The summed E-state index contributed by atoms with van der Waals surface area (Å²) in [5.41, 5.74) is 0. The molecule has 1 heterocycles. The Balaban J connectivity index is 0.00000338. The highest BCUT2D eigenvalue weighted by Crippen LogP contribution is 2.15. The van der Waals surface area contributed by atoms with Gasteiger partial charge in [0.15, 0.2) is 5.82 Å². The van der Waals surface area contributed by atoms with Crippen LogP contribution in [0.25, 0.3) is 0 Å². The molecule has 2 aromatic rings. The summed E-state index contributed by atoms with van der Waals surface area (Å²) in [4.78, 5) is 4.44. The zero-order valence-corrected chi connectivity index (χ0v) is 16.7. The summed E-state index contributed by atoms with van der Waals surface area (Å²) in [5, 5.41) is 6.98. The molecular formula is C16H25ClN4O4S. The van der Waals surface area contributed by atoms with E-state index in [2.05, 4.69) is 20.2 Å².